The van der Waals surface area contributed by atoms with Crippen LogP contribution in [-0.4, -0.2) is 23.0 Å². The summed E-state index contributed by atoms with van der Waals surface area (Å²) in [4.78, 5) is 16.4. The lowest BCUT2D eigenvalue weighted by Crippen LogP contribution is -2.19. The van der Waals surface area contributed by atoms with Crippen LogP contribution in [0.15, 0.2) is 47.0 Å². The third kappa shape index (κ3) is 3.23. The Morgan fingerprint density at radius 1 is 1.04 bits per heavy atom. The van der Waals surface area contributed by atoms with Crippen molar-refractivity contribution in [2.45, 2.75) is 6.92 Å². The van der Waals surface area contributed by atoms with E-state index in [0.717, 1.165) is 5.56 Å². The first kappa shape index (κ1) is 15.0. The first-order chi connectivity index (χ1) is 12.2. The van der Waals surface area contributed by atoms with E-state index in [1.54, 1.807) is 43.3 Å². The summed E-state index contributed by atoms with van der Waals surface area (Å²) in [7, 11) is 0. The highest BCUT2D eigenvalue weighted by Gasteiger charge is 2.14. The van der Waals surface area contributed by atoms with Gasteiger partial charge in [0, 0.05) is 29.9 Å². The van der Waals surface area contributed by atoms with Crippen molar-refractivity contribution in [2.24, 2.45) is 0 Å². The molecule has 0 bridgehead atoms. The number of fused-ring (bicyclic) bond motifs is 1. The van der Waals surface area contributed by atoms with Crippen molar-refractivity contribution < 1.29 is 18.8 Å². The van der Waals surface area contributed by atoms with Crippen LogP contribution in [0.5, 0.6) is 11.5 Å². The zero-order valence-electron chi connectivity index (χ0n) is 13.3. The first-order valence-electron chi connectivity index (χ1n) is 7.56. The van der Waals surface area contributed by atoms with Gasteiger partial charge in [0.05, 0.1) is 0 Å². The van der Waals surface area contributed by atoms with Crippen molar-refractivity contribution in [1.82, 2.24) is 10.1 Å². The van der Waals surface area contributed by atoms with Gasteiger partial charge in [0.2, 0.25) is 18.5 Å². The number of carbonyl (C=O) groups is 1. The molecule has 2 aromatic carbocycles. The lowest BCUT2D eigenvalue weighted by Gasteiger charge is -2.09. The first-order valence-corrected chi connectivity index (χ1v) is 7.56. The van der Waals surface area contributed by atoms with E-state index < -0.39 is 0 Å². The van der Waals surface area contributed by atoms with Gasteiger partial charge in [-0.1, -0.05) is 17.3 Å². The molecule has 0 radical (unpaired) electrons. The van der Waals surface area contributed by atoms with E-state index in [1.807, 2.05) is 6.07 Å². The second kappa shape index (κ2) is 6.16. The van der Waals surface area contributed by atoms with Crippen LogP contribution in [0.4, 0.5) is 16.2 Å². The van der Waals surface area contributed by atoms with Crippen LogP contribution >= 0.6 is 0 Å². The molecular formula is C17H14N4O4. The third-order valence-electron chi connectivity index (χ3n) is 3.54. The second-order valence-corrected chi connectivity index (χ2v) is 5.36. The Bertz CT molecular complexity index is 938. The van der Waals surface area contributed by atoms with Gasteiger partial charge in [-0.2, -0.15) is 4.98 Å². The van der Waals surface area contributed by atoms with E-state index in [4.69, 9.17) is 14.0 Å². The monoisotopic (exact) mass is 338 g/mol. The zero-order valence-corrected chi connectivity index (χ0v) is 13.3. The molecule has 2 heterocycles. The normalized spacial score (nSPS) is 12.0. The number of nitrogens with one attached hydrogen (secondary N) is 2. The molecule has 1 aromatic heterocycles. The minimum Gasteiger partial charge on any atom is -0.454 e. The molecule has 1 aliphatic rings. The molecule has 2 N–H and O–H groups in total. The van der Waals surface area contributed by atoms with E-state index >= 15 is 0 Å². The summed E-state index contributed by atoms with van der Waals surface area (Å²) in [6.07, 6.45) is 0. The molecule has 4 rings (SSSR count). The van der Waals surface area contributed by atoms with Crippen molar-refractivity contribution in [3.8, 4) is 22.9 Å². The SMILES string of the molecule is Cc1nc(-c2cccc(NC(=O)Nc3ccc4c(c3)OCO4)c2)no1. The molecule has 0 spiro atoms. The van der Waals surface area contributed by atoms with Crippen LogP contribution in [0.1, 0.15) is 5.89 Å². The molecule has 1 aliphatic heterocycles. The van der Waals surface area contributed by atoms with Gasteiger partial charge in [0.1, 0.15) is 0 Å². The summed E-state index contributed by atoms with van der Waals surface area (Å²) in [5.74, 6) is 2.22. The molecular weight excluding hydrogens is 324 g/mol. The highest BCUT2D eigenvalue weighted by molar-refractivity contribution is 6.00. The Labute approximate surface area is 142 Å². The highest BCUT2D eigenvalue weighted by atomic mass is 16.7. The maximum Gasteiger partial charge on any atom is 0.323 e. The fourth-order valence-electron chi connectivity index (χ4n) is 2.42. The molecule has 8 nitrogen and oxygen atoms in total. The maximum absolute atomic E-state index is 12.2. The van der Waals surface area contributed by atoms with Crippen molar-refractivity contribution >= 4 is 17.4 Å². The number of carbonyl (C=O) groups excluding carboxylic acids is 1. The van der Waals surface area contributed by atoms with Crippen LogP contribution in [0.2, 0.25) is 0 Å². The average Bonchev–Trinajstić information content (AvgIpc) is 3.23. The van der Waals surface area contributed by atoms with Crippen LogP contribution in [0.3, 0.4) is 0 Å². The predicted molar refractivity (Wildman–Crippen MR) is 89.7 cm³/mol. The molecule has 25 heavy (non-hydrogen) atoms. The predicted octanol–water partition coefficient (Wildman–Crippen LogP) is 3.42. The number of aromatic nitrogens is 2. The van der Waals surface area contributed by atoms with Gasteiger partial charge < -0.3 is 24.6 Å². The Morgan fingerprint density at radius 3 is 2.64 bits per heavy atom. The molecule has 8 heteroatoms. The van der Waals surface area contributed by atoms with Gasteiger partial charge in [0.15, 0.2) is 11.5 Å². The molecule has 0 fully saturated rings. The maximum atomic E-state index is 12.2. The topological polar surface area (TPSA) is 98.5 Å². The van der Waals surface area contributed by atoms with Crippen molar-refractivity contribution in [3.05, 3.63) is 48.4 Å². The zero-order chi connectivity index (χ0) is 17.2. The molecule has 126 valence electrons. The van der Waals surface area contributed by atoms with Gasteiger partial charge >= 0.3 is 6.03 Å². The third-order valence-corrected chi connectivity index (χ3v) is 3.54. The van der Waals surface area contributed by atoms with Gasteiger partial charge in [-0.15, -0.1) is 0 Å². The number of amides is 2. The quantitative estimate of drug-likeness (QED) is 0.759. The molecule has 2 amide bonds. The lowest BCUT2D eigenvalue weighted by atomic mass is 10.2. The number of ether oxygens (including phenoxy) is 2. The number of urea groups is 1. The second-order valence-electron chi connectivity index (χ2n) is 5.36. The Balaban J connectivity index is 1.46. The van der Waals surface area contributed by atoms with Crippen molar-refractivity contribution in [3.63, 3.8) is 0 Å². The fourth-order valence-corrected chi connectivity index (χ4v) is 2.42. The van der Waals surface area contributed by atoms with Crippen molar-refractivity contribution in [2.75, 3.05) is 17.4 Å². The summed E-state index contributed by atoms with van der Waals surface area (Å²) >= 11 is 0. The summed E-state index contributed by atoms with van der Waals surface area (Å²) in [6.45, 7) is 1.91. The van der Waals surface area contributed by atoms with Gasteiger partial charge in [-0.05, 0) is 24.3 Å². The van der Waals surface area contributed by atoms with Gasteiger partial charge in [-0.3, -0.25) is 0 Å². The van der Waals surface area contributed by atoms with Gasteiger partial charge in [-0.25, -0.2) is 4.79 Å². The fraction of sp³-hybridized carbons (Fsp3) is 0.118. The standard InChI is InChI=1S/C17H14N4O4/c1-10-18-16(21-25-10)11-3-2-4-12(7-11)19-17(22)20-13-5-6-14-15(8-13)24-9-23-14/h2-8H,9H2,1H3,(H2,19,20,22). The number of anilines is 2. The van der Waals surface area contributed by atoms with Crippen molar-refractivity contribution in [1.29, 1.82) is 0 Å². The number of benzene rings is 2. The molecule has 0 aliphatic carbocycles. The highest BCUT2D eigenvalue weighted by Crippen LogP contribution is 2.34. The Kier molecular flexibility index (Phi) is 3.70. The van der Waals surface area contributed by atoms with E-state index in [2.05, 4.69) is 20.8 Å². The minimum atomic E-state index is -0.375. The molecule has 0 saturated carbocycles. The van der Waals surface area contributed by atoms with Crippen LogP contribution in [-0.2, 0) is 0 Å². The summed E-state index contributed by atoms with van der Waals surface area (Å²) in [6, 6.07) is 12.0. The molecule has 0 unspecified atom stereocenters. The Morgan fingerprint density at radius 2 is 1.84 bits per heavy atom. The Hall–Kier alpha value is -3.55. The molecule has 0 atom stereocenters. The van der Waals surface area contributed by atoms with Gasteiger partial charge in [0.25, 0.3) is 0 Å². The number of hydrogen-bond acceptors (Lipinski definition) is 6. The minimum absolute atomic E-state index is 0.188. The van der Waals surface area contributed by atoms with E-state index in [9.17, 15) is 4.79 Å². The van der Waals surface area contributed by atoms with E-state index in [1.165, 1.54) is 0 Å². The molecule has 0 saturated heterocycles. The van der Waals surface area contributed by atoms with Crippen LogP contribution in [0, 0.1) is 6.92 Å². The number of nitrogens with zero attached hydrogens (tertiary/aromatic N) is 2. The van der Waals surface area contributed by atoms with E-state index in [0.29, 0.717) is 34.6 Å². The number of hydrogen-bond donors (Lipinski definition) is 2. The summed E-state index contributed by atoms with van der Waals surface area (Å²) in [5, 5.41) is 9.38. The largest absolute Gasteiger partial charge is 0.454 e. The van der Waals surface area contributed by atoms with Crippen LogP contribution in [0.25, 0.3) is 11.4 Å². The summed E-state index contributed by atoms with van der Waals surface area (Å²) in [5.41, 5.74) is 1.96. The number of rotatable bonds is 3. The average molecular weight is 338 g/mol. The van der Waals surface area contributed by atoms with E-state index in [-0.39, 0.29) is 12.8 Å². The molecule has 3 aromatic rings. The van der Waals surface area contributed by atoms with Crippen LogP contribution < -0.4 is 20.1 Å². The lowest BCUT2D eigenvalue weighted by molar-refractivity contribution is 0.174. The smallest absolute Gasteiger partial charge is 0.323 e. The number of aryl methyl sites for hydroxylation is 1. The summed E-state index contributed by atoms with van der Waals surface area (Å²) < 4.78 is 15.5.